The van der Waals surface area contributed by atoms with Crippen molar-refractivity contribution in [3.63, 3.8) is 0 Å². The summed E-state index contributed by atoms with van der Waals surface area (Å²) >= 11 is 1.57. The third-order valence-electron chi connectivity index (χ3n) is 10.4. The summed E-state index contributed by atoms with van der Waals surface area (Å²) in [6.07, 6.45) is 4.28. The second kappa shape index (κ2) is 9.73. The van der Waals surface area contributed by atoms with Crippen LogP contribution in [0.4, 0.5) is 4.39 Å². The molecule has 2 unspecified atom stereocenters. The number of fused-ring (bicyclic) bond motifs is 3. The Labute approximate surface area is 233 Å². The van der Waals surface area contributed by atoms with Crippen LogP contribution >= 0.6 is 11.8 Å². The van der Waals surface area contributed by atoms with E-state index >= 15 is 4.39 Å². The van der Waals surface area contributed by atoms with E-state index in [1.165, 1.54) is 19.3 Å². The molecule has 39 heavy (non-hydrogen) atoms. The maximum absolute atomic E-state index is 15.1. The van der Waals surface area contributed by atoms with E-state index in [2.05, 4.69) is 31.4 Å². The Kier molecular flexibility index (Phi) is 6.62. The Morgan fingerprint density at radius 1 is 1.13 bits per heavy atom. The molecule has 4 aliphatic rings. The Morgan fingerprint density at radius 2 is 1.95 bits per heavy atom. The highest BCUT2D eigenvalue weighted by Gasteiger charge is 2.61. The fraction of sp³-hybridized carbons (Fsp3) is 0.516. The van der Waals surface area contributed by atoms with Crippen LogP contribution in [0.2, 0.25) is 0 Å². The lowest BCUT2D eigenvalue weighted by Crippen LogP contribution is -2.52. The lowest BCUT2D eigenvalue weighted by atomic mass is 9.69. The minimum Gasteiger partial charge on any atom is -0.322 e. The second-order valence-electron chi connectivity index (χ2n) is 12.4. The Morgan fingerprint density at radius 3 is 2.64 bits per heavy atom. The molecule has 3 amide bonds. The summed E-state index contributed by atoms with van der Waals surface area (Å²) in [5.41, 5.74) is 3.65. The van der Waals surface area contributed by atoms with Crippen LogP contribution in [0.15, 0.2) is 41.3 Å². The third kappa shape index (κ3) is 4.40. The van der Waals surface area contributed by atoms with Gasteiger partial charge in [0.05, 0.1) is 0 Å². The molecular formula is C31H36FN3O3S. The number of rotatable bonds is 7. The first-order valence-corrected chi connectivity index (χ1v) is 15.0. The number of amides is 3. The molecule has 2 N–H and O–H groups in total. The summed E-state index contributed by atoms with van der Waals surface area (Å²) in [6, 6.07) is 10.9. The van der Waals surface area contributed by atoms with Crippen LogP contribution in [0.1, 0.15) is 79.9 Å². The number of imide groups is 1. The fourth-order valence-corrected chi connectivity index (χ4v) is 8.45. The Balaban J connectivity index is 1.09. The normalized spacial score (nSPS) is 29.2. The minimum atomic E-state index is -0.635. The largest absolute Gasteiger partial charge is 0.322 e. The fourth-order valence-electron chi connectivity index (χ4n) is 7.42. The van der Waals surface area contributed by atoms with Gasteiger partial charge in [-0.05, 0) is 71.8 Å². The van der Waals surface area contributed by atoms with E-state index in [9.17, 15) is 14.4 Å². The summed E-state index contributed by atoms with van der Waals surface area (Å²) in [4.78, 5) is 39.5. The van der Waals surface area contributed by atoms with Gasteiger partial charge in [-0.15, -0.1) is 11.8 Å². The first kappa shape index (κ1) is 26.5. The van der Waals surface area contributed by atoms with Crippen LogP contribution < -0.4 is 10.6 Å². The van der Waals surface area contributed by atoms with E-state index in [1.807, 2.05) is 24.3 Å². The number of hydrogen-bond acceptors (Lipinski definition) is 5. The molecule has 2 heterocycles. The van der Waals surface area contributed by atoms with Crippen molar-refractivity contribution in [2.75, 3.05) is 0 Å². The number of carbonyl (C=O) groups excluding carboxylic acids is 3. The average Bonchev–Trinajstić information content (AvgIpc) is 3.42. The number of piperidine rings is 1. The van der Waals surface area contributed by atoms with Crippen molar-refractivity contribution < 1.29 is 18.8 Å². The summed E-state index contributed by atoms with van der Waals surface area (Å²) in [5, 5.41) is 6.03. The number of thioether (sulfide) groups is 1. The van der Waals surface area contributed by atoms with Gasteiger partial charge in [-0.1, -0.05) is 39.0 Å². The van der Waals surface area contributed by atoms with Gasteiger partial charge < -0.3 is 10.2 Å². The van der Waals surface area contributed by atoms with Gasteiger partial charge in [-0.3, -0.25) is 19.7 Å². The molecule has 2 saturated carbocycles. The number of nitrogens with one attached hydrogen (secondary N) is 2. The molecule has 1 saturated heterocycles. The highest BCUT2D eigenvalue weighted by Crippen LogP contribution is 2.65. The van der Waals surface area contributed by atoms with Crippen LogP contribution in [0.5, 0.6) is 0 Å². The van der Waals surface area contributed by atoms with Crippen LogP contribution in [0.25, 0.3) is 0 Å². The third-order valence-corrected chi connectivity index (χ3v) is 11.6. The van der Waals surface area contributed by atoms with Gasteiger partial charge >= 0.3 is 0 Å². The van der Waals surface area contributed by atoms with E-state index < -0.39 is 11.9 Å². The zero-order valence-corrected chi connectivity index (χ0v) is 23.6. The predicted octanol–water partition coefficient (Wildman–Crippen LogP) is 5.18. The monoisotopic (exact) mass is 549 g/mol. The standard InChI is InChI=1S/C31H36FN3O3S/c1-30(2)20-11-12-31(30,3)26(14-20)33-15-19-8-7-18(13-23(19)32)17-39-25-6-4-5-21-22(25)16-35(29(21)38)24-9-10-27(36)34-28(24)37/h4-8,13,20,24,26,33H,9-12,14-17H2,1-3H3,(H,34,36,37)/t20?,24?,26-,31-/m0/s1. The predicted molar refractivity (Wildman–Crippen MR) is 148 cm³/mol. The lowest BCUT2D eigenvalue weighted by Gasteiger charge is -2.39. The van der Waals surface area contributed by atoms with E-state index in [4.69, 9.17) is 0 Å². The molecule has 2 aliphatic heterocycles. The molecule has 8 heteroatoms. The highest BCUT2D eigenvalue weighted by atomic mass is 32.2. The van der Waals surface area contributed by atoms with Crippen molar-refractivity contribution in [1.29, 1.82) is 0 Å². The van der Waals surface area contributed by atoms with Crippen molar-refractivity contribution >= 4 is 29.5 Å². The molecule has 2 aromatic carbocycles. The first-order chi connectivity index (χ1) is 18.6. The van der Waals surface area contributed by atoms with E-state index in [1.54, 1.807) is 28.8 Å². The molecule has 2 bridgehead atoms. The zero-order valence-electron chi connectivity index (χ0n) is 22.8. The quantitative estimate of drug-likeness (QED) is 0.368. The summed E-state index contributed by atoms with van der Waals surface area (Å²) < 4.78 is 15.1. The SMILES string of the molecule is CC1(C)C2CC[C@@]1(C)[C@@H](NCc1ccc(CSc3cccc4c3CN(C3CCC(=O)NC3=O)C4=O)cc1F)C2. The van der Waals surface area contributed by atoms with Crippen molar-refractivity contribution in [1.82, 2.24) is 15.5 Å². The zero-order chi connectivity index (χ0) is 27.5. The topological polar surface area (TPSA) is 78.5 Å². The van der Waals surface area contributed by atoms with E-state index in [0.29, 0.717) is 47.8 Å². The average molecular weight is 550 g/mol. The smallest absolute Gasteiger partial charge is 0.255 e. The molecule has 0 spiro atoms. The van der Waals surface area contributed by atoms with Crippen molar-refractivity contribution in [3.05, 3.63) is 64.5 Å². The Hall–Kier alpha value is -2.71. The van der Waals surface area contributed by atoms with Gasteiger partial charge in [0.2, 0.25) is 11.8 Å². The van der Waals surface area contributed by atoms with Gasteiger partial charge in [-0.2, -0.15) is 0 Å². The molecule has 0 aromatic heterocycles. The van der Waals surface area contributed by atoms with Gasteiger partial charge in [0.25, 0.3) is 5.91 Å². The number of benzene rings is 2. The van der Waals surface area contributed by atoms with Gasteiger partial charge in [0, 0.05) is 47.3 Å². The van der Waals surface area contributed by atoms with Gasteiger partial charge in [0.1, 0.15) is 11.9 Å². The van der Waals surface area contributed by atoms with Crippen LogP contribution in [-0.4, -0.2) is 34.7 Å². The first-order valence-electron chi connectivity index (χ1n) is 14.0. The molecule has 2 aromatic rings. The Bertz CT molecular complexity index is 1360. The van der Waals surface area contributed by atoms with Crippen LogP contribution in [0, 0.1) is 22.6 Å². The van der Waals surface area contributed by atoms with Crippen LogP contribution in [0.3, 0.4) is 0 Å². The molecule has 4 atom stereocenters. The molecule has 3 fully saturated rings. The second-order valence-corrected chi connectivity index (χ2v) is 13.5. The molecule has 6 rings (SSSR count). The number of nitrogens with zero attached hydrogens (tertiary/aromatic N) is 1. The molecule has 206 valence electrons. The van der Waals surface area contributed by atoms with Crippen molar-refractivity contribution in [3.8, 4) is 0 Å². The summed E-state index contributed by atoms with van der Waals surface area (Å²) in [5.74, 6) is 0.238. The van der Waals surface area contributed by atoms with Crippen molar-refractivity contribution in [2.45, 2.75) is 88.7 Å². The van der Waals surface area contributed by atoms with E-state index in [-0.39, 0.29) is 29.5 Å². The van der Waals surface area contributed by atoms with Crippen LogP contribution in [-0.2, 0) is 28.4 Å². The lowest BCUT2D eigenvalue weighted by molar-refractivity contribution is -0.136. The van der Waals surface area contributed by atoms with E-state index in [0.717, 1.165) is 21.9 Å². The summed E-state index contributed by atoms with van der Waals surface area (Å²) in [6.45, 7) is 8.05. The number of halogens is 1. The maximum Gasteiger partial charge on any atom is 0.255 e. The minimum absolute atomic E-state index is 0.183. The molecule has 0 radical (unpaired) electrons. The molecule has 6 nitrogen and oxygen atoms in total. The molecule has 2 aliphatic carbocycles. The van der Waals surface area contributed by atoms with Gasteiger partial charge in [0.15, 0.2) is 0 Å². The number of hydrogen-bond donors (Lipinski definition) is 2. The summed E-state index contributed by atoms with van der Waals surface area (Å²) in [7, 11) is 0. The highest BCUT2D eigenvalue weighted by molar-refractivity contribution is 7.98. The maximum atomic E-state index is 15.1. The van der Waals surface area contributed by atoms with Crippen molar-refractivity contribution in [2.24, 2.45) is 16.7 Å². The number of carbonyl (C=O) groups is 3. The molecular weight excluding hydrogens is 513 g/mol. The van der Waals surface area contributed by atoms with Gasteiger partial charge in [-0.25, -0.2) is 4.39 Å².